The summed E-state index contributed by atoms with van der Waals surface area (Å²) in [6, 6.07) is 0.133. The summed E-state index contributed by atoms with van der Waals surface area (Å²) >= 11 is 1.58. The van der Waals surface area contributed by atoms with Crippen LogP contribution in [0.2, 0.25) is 0 Å². The van der Waals surface area contributed by atoms with Gasteiger partial charge in [-0.05, 0) is 34.6 Å². The van der Waals surface area contributed by atoms with Crippen LogP contribution in [0, 0.1) is 6.92 Å². The summed E-state index contributed by atoms with van der Waals surface area (Å²) in [7, 11) is 0. The van der Waals surface area contributed by atoms with E-state index >= 15 is 0 Å². The molecule has 1 N–H and O–H groups in total. The second kappa shape index (κ2) is 5.83. The van der Waals surface area contributed by atoms with Crippen molar-refractivity contribution in [3.8, 4) is 0 Å². The van der Waals surface area contributed by atoms with Crippen molar-refractivity contribution in [2.75, 3.05) is 5.32 Å². The van der Waals surface area contributed by atoms with Gasteiger partial charge in [-0.25, -0.2) is 9.50 Å². The molecule has 3 heterocycles. The number of rotatable bonds is 3. The number of hydrogen-bond donors (Lipinski definition) is 1. The molecular weight excluding hydrogens is 332 g/mol. The van der Waals surface area contributed by atoms with Gasteiger partial charge in [0.2, 0.25) is 10.1 Å². The highest BCUT2D eigenvalue weighted by Gasteiger charge is 2.22. The standard InChI is InChI=1S/C18H28N6S/c1-11(13-9-24(18(6,7)8)21-12(13)2)19-15-22-23-10-14(17(3,4)5)20-16(23)25-15/h9-11H,1-8H3,(H,19,22). The minimum absolute atomic E-state index is 0.0199. The molecule has 0 aliphatic rings. The largest absolute Gasteiger partial charge is 0.353 e. The lowest BCUT2D eigenvalue weighted by atomic mass is 9.93. The number of anilines is 1. The Bertz CT molecular complexity index is 856. The van der Waals surface area contributed by atoms with E-state index in [0.717, 1.165) is 21.5 Å². The van der Waals surface area contributed by atoms with E-state index in [1.165, 1.54) is 5.56 Å². The Morgan fingerprint density at radius 2 is 1.76 bits per heavy atom. The second-order valence-corrected chi connectivity index (χ2v) is 9.62. The van der Waals surface area contributed by atoms with Crippen LogP contribution in [0.5, 0.6) is 0 Å². The number of nitrogens with one attached hydrogen (secondary N) is 1. The molecule has 3 aromatic heterocycles. The molecule has 136 valence electrons. The highest BCUT2D eigenvalue weighted by molar-refractivity contribution is 7.20. The van der Waals surface area contributed by atoms with Gasteiger partial charge in [-0.15, -0.1) is 5.10 Å². The lowest BCUT2D eigenvalue weighted by Gasteiger charge is -2.19. The van der Waals surface area contributed by atoms with Crippen LogP contribution < -0.4 is 5.32 Å². The van der Waals surface area contributed by atoms with Crippen LogP contribution in [0.15, 0.2) is 12.4 Å². The zero-order valence-corrected chi connectivity index (χ0v) is 17.2. The molecule has 0 radical (unpaired) electrons. The van der Waals surface area contributed by atoms with E-state index in [1.807, 2.05) is 15.4 Å². The molecule has 0 fully saturated rings. The average Bonchev–Trinajstić information content (AvgIpc) is 3.08. The van der Waals surface area contributed by atoms with Crippen molar-refractivity contribution < 1.29 is 0 Å². The normalized spacial score (nSPS) is 14.2. The molecule has 0 saturated heterocycles. The fraction of sp³-hybridized carbons (Fsp3) is 0.611. The van der Waals surface area contributed by atoms with Gasteiger partial charge in [-0.1, -0.05) is 32.1 Å². The number of aromatic nitrogens is 5. The number of fused-ring (bicyclic) bond motifs is 1. The molecule has 0 bridgehead atoms. The summed E-state index contributed by atoms with van der Waals surface area (Å²) in [6.45, 7) is 17.2. The van der Waals surface area contributed by atoms with Crippen LogP contribution in [0.3, 0.4) is 0 Å². The van der Waals surface area contributed by atoms with Gasteiger partial charge in [0.15, 0.2) is 0 Å². The number of aryl methyl sites for hydroxylation is 1. The van der Waals surface area contributed by atoms with Crippen LogP contribution in [-0.4, -0.2) is 24.4 Å². The van der Waals surface area contributed by atoms with Gasteiger partial charge in [-0.3, -0.25) is 4.68 Å². The third kappa shape index (κ3) is 3.56. The predicted octanol–water partition coefficient (Wildman–Crippen LogP) is 4.52. The maximum absolute atomic E-state index is 4.70. The van der Waals surface area contributed by atoms with E-state index in [-0.39, 0.29) is 17.0 Å². The molecule has 3 aromatic rings. The molecule has 0 aliphatic carbocycles. The predicted molar refractivity (Wildman–Crippen MR) is 104 cm³/mol. The Morgan fingerprint density at radius 3 is 2.28 bits per heavy atom. The molecule has 0 amide bonds. The van der Waals surface area contributed by atoms with Crippen molar-refractivity contribution in [2.45, 2.75) is 72.4 Å². The molecule has 0 aromatic carbocycles. The Hall–Kier alpha value is -1.89. The van der Waals surface area contributed by atoms with Gasteiger partial charge >= 0.3 is 0 Å². The summed E-state index contributed by atoms with van der Waals surface area (Å²) < 4.78 is 3.89. The first kappa shape index (κ1) is 17.9. The molecule has 6 nitrogen and oxygen atoms in total. The van der Waals surface area contributed by atoms with Gasteiger partial charge in [0.25, 0.3) is 0 Å². The fourth-order valence-corrected chi connectivity index (χ4v) is 3.49. The van der Waals surface area contributed by atoms with Crippen LogP contribution in [-0.2, 0) is 11.0 Å². The third-order valence-corrected chi connectivity index (χ3v) is 5.10. The van der Waals surface area contributed by atoms with Crippen molar-refractivity contribution >= 4 is 21.4 Å². The number of imidazole rings is 1. The molecule has 0 saturated carbocycles. The summed E-state index contributed by atoms with van der Waals surface area (Å²) in [4.78, 5) is 5.62. The first-order valence-electron chi connectivity index (χ1n) is 8.65. The molecule has 3 rings (SSSR count). The zero-order chi connectivity index (χ0) is 18.6. The maximum atomic E-state index is 4.70. The van der Waals surface area contributed by atoms with Crippen molar-refractivity contribution in [1.82, 2.24) is 24.4 Å². The number of nitrogens with zero attached hydrogens (tertiary/aromatic N) is 5. The highest BCUT2D eigenvalue weighted by atomic mass is 32.1. The van der Waals surface area contributed by atoms with E-state index in [4.69, 9.17) is 4.98 Å². The minimum Gasteiger partial charge on any atom is -0.353 e. The smallest absolute Gasteiger partial charge is 0.214 e. The number of hydrogen-bond acceptors (Lipinski definition) is 5. The maximum Gasteiger partial charge on any atom is 0.214 e. The van der Waals surface area contributed by atoms with Crippen molar-refractivity contribution in [1.29, 1.82) is 0 Å². The van der Waals surface area contributed by atoms with Gasteiger partial charge in [0, 0.05) is 17.2 Å². The van der Waals surface area contributed by atoms with E-state index < -0.39 is 0 Å². The molecule has 25 heavy (non-hydrogen) atoms. The molecule has 0 spiro atoms. The van der Waals surface area contributed by atoms with Crippen LogP contribution in [0.1, 0.15) is 71.5 Å². The van der Waals surface area contributed by atoms with Crippen molar-refractivity contribution in [3.63, 3.8) is 0 Å². The Morgan fingerprint density at radius 1 is 1.08 bits per heavy atom. The van der Waals surface area contributed by atoms with E-state index in [2.05, 4.69) is 77.1 Å². The monoisotopic (exact) mass is 360 g/mol. The molecule has 7 heteroatoms. The molecule has 1 unspecified atom stereocenters. The summed E-state index contributed by atoms with van der Waals surface area (Å²) in [6.07, 6.45) is 4.15. The van der Waals surface area contributed by atoms with E-state index in [9.17, 15) is 0 Å². The summed E-state index contributed by atoms with van der Waals surface area (Å²) in [5.41, 5.74) is 3.32. The molecular formula is C18H28N6S. The first-order valence-corrected chi connectivity index (χ1v) is 9.46. The van der Waals surface area contributed by atoms with Gasteiger partial charge in [-0.2, -0.15) is 5.10 Å². The lowest BCUT2D eigenvalue weighted by Crippen LogP contribution is -2.22. The van der Waals surface area contributed by atoms with Gasteiger partial charge in [0.1, 0.15) is 0 Å². The highest BCUT2D eigenvalue weighted by Crippen LogP contribution is 2.29. The Kier molecular flexibility index (Phi) is 4.18. The summed E-state index contributed by atoms with van der Waals surface area (Å²) in [5, 5.41) is 13.7. The van der Waals surface area contributed by atoms with Crippen LogP contribution in [0.25, 0.3) is 4.96 Å². The Labute approximate surface area is 153 Å². The van der Waals surface area contributed by atoms with Gasteiger partial charge in [0.05, 0.1) is 29.2 Å². The Balaban J connectivity index is 1.81. The topological polar surface area (TPSA) is 60.0 Å². The zero-order valence-electron chi connectivity index (χ0n) is 16.4. The first-order chi connectivity index (χ1) is 11.4. The van der Waals surface area contributed by atoms with Crippen molar-refractivity contribution in [2.24, 2.45) is 0 Å². The second-order valence-electron chi connectivity index (χ2n) is 8.66. The van der Waals surface area contributed by atoms with E-state index in [1.54, 1.807) is 11.3 Å². The van der Waals surface area contributed by atoms with E-state index in [0.29, 0.717) is 0 Å². The quantitative estimate of drug-likeness (QED) is 0.746. The van der Waals surface area contributed by atoms with Gasteiger partial charge < -0.3 is 5.32 Å². The van der Waals surface area contributed by atoms with Crippen molar-refractivity contribution in [3.05, 3.63) is 29.3 Å². The summed E-state index contributed by atoms with van der Waals surface area (Å²) in [5.74, 6) is 0. The average molecular weight is 361 g/mol. The van der Waals surface area contributed by atoms with Crippen LogP contribution >= 0.6 is 11.3 Å². The lowest BCUT2D eigenvalue weighted by molar-refractivity contribution is 0.354. The molecule has 0 aliphatic heterocycles. The molecule has 1 atom stereocenters. The minimum atomic E-state index is -0.0199. The van der Waals surface area contributed by atoms with Crippen LogP contribution in [0.4, 0.5) is 5.13 Å². The SMILES string of the molecule is Cc1nn(C(C)(C)C)cc1C(C)Nc1nn2cc(C(C)(C)C)nc2s1. The fourth-order valence-electron chi connectivity index (χ4n) is 2.62. The third-order valence-electron chi connectivity index (χ3n) is 4.24.